The van der Waals surface area contributed by atoms with Gasteiger partial charge in [0, 0.05) is 18.3 Å². The Bertz CT molecular complexity index is 1100. The molecule has 30 heavy (non-hydrogen) atoms. The van der Waals surface area contributed by atoms with E-state index in [1.165, 1.54) is 7.05 Å². The fourth-order valence-electron chi connectivity index (χ4n) is 3.05. The van der Waals surface area contributed by atoms with Gasteiger partial charge in [0.15, 0.2) is 0 Å². The van der Waals surface area contributed by atoms with E-state index in [1.54, 1.807) is 19.1 Å². The van der Waals surface area contributed by atoms with Gasteiger partial charge in [-0.3, -0.25) is 4.79 Å². The van der Waals surface area contributed by atoms with E-state index in [-0.39, 0.29) is 5.56 Å². The number of nitrogens with one attached hydrogen (secondary N) is 1. The molecule has 0 radical (unpaired) electrons. The molecule has 0 saturated carbocycles. The summed E-state index contributed by atoms with van der Waals surface area (Å²) in [6.45, 7) is 7.39. The Morgan fingerprint density at radius 1 is 1.27 bits per heavy atom. The first-order chi connectivity index (χ1) is 14.4. The average Bonchev–Trinajstić information content (AvgIpc) is 3.00. The molecule has 2 aromatic carbocycles. The van der Waals surface area contributed by atoms with Crippen LogP contribution in [0.4, 0.5) is 10.1 Å². The minimum Gasteiger partial charge on any atom is -0.391 e. The molecule has 0 aliphatic rings. The van der Waals surface area contributed by atoms with Crippen LogP contribution in [0.1, 0.15) is 28.5 Å². The molecule has 1 N–H and O–H groups in total. The maximum atomic E-state index is 14.2. The Labute approximate surface area is 174 Å². The summed E-state index contributed by atoms with van der Waals surface area (Å²) in [6.07, 6.45) is 1.63. The van der Waals surface area contributed by atoms with Gasteiger partial charge in [-0.15, -0.1) is 0 Å². The number of rotatable bonds is 7. The molecule has 0 atom stereocenters. The van der Waals surface area contributed by atoms with E-state index in [0.717, 1.165) is 27.1 Å². The zero-order chi connectivity index (χ0) is 21.7. The molecule has 1 heterocycles. The lowest BCUT2D eigenvalue weighted by molar-refractivity contribution is 0.102. The number of carbonyl (C=O) groups excluding carboxylic acids is 1. The summed E-state index contributed by atoms with van der Waals surface area (Å²) >= 11 is 0. The summed E-state index contributed by atoms with van der Waals surface area (Å²) in [5.41, 5.74) is 4.23. The second kappa shape index (κ2) is 9.17. The summed E-state index contributed by atoms with van der Waals surface area (Å²) < 4.78 is 15.3. The van der Waals surface area contributed by atoms with Crippen molar-refractivity contribution in [3.05, 3.63) is 84.0 Å². The molecule has 0 spiro atoms. The lowest BCUT2D eigenvalue weighted by Gasteiger charge is -2.12. The topological polar surface area (TPSA) is 68.5 Å². The van der Waals surface area contributed by atoms with Crippen molar-refractivity contribution in [3.8, 4) is 11.1 Å². The molecule has 0 unspecified atom stereocenters. The maximum absolute atomic E-state index is 14.2. The number of oxime groups is 1. The second-order valence-electron chi connectivity index (χ2n) is 6.71. The van der Waals surface area contributed by atoms with Crippen LogP contribution in [0.5, 0.6) is 0 Å². The van der Waals surface area contributed by atoms with Crippen LogP contribution >= 0.6 is 0 Å². The van der Waals surface area contributed by atoms with Gasteiger partial charge in [0.2, 0.25) is 5.95 Å². The standard InChI is InChI=1S/C23H23FN4O2/c1-5-14-30-27-15(2)17-10-12-18(13-11-17)19-8-6-7-9-20(19)25-23(29)21-16(3)26-28(4)22(21)24/h5-13H,1,14H2,2-4H3,(H,25,29)/b27-15-. The van der Waals surface area contributed by atoms with Crippen LogP contribution in [-0.4, -0.2) is 28.0 Å². The van der Waals surface area contributed by atoms with Gasteiger partial charge in [-0.05, 0) is 31.0 Å². The first-order valence-electron chi connectivity index (χ1n) is 9.40. The first kappa shape index (κ1) is 21.0. The Morgan fingerprint density at radius 2 is 1.97 bits per heavy atom. The number of anilines is 1. The summed E-state index contributed by atoms with van der Waals surface area (Å²) in [6, 6.07) is 15.1. The highest BCUT2D eigenvalue weighted by Crippen LogP contribution is 2.29. The molecule has 1 aromatic heterocycles. The van der Waals surface area contributed by atoms with Gasteiger partial charge < -0.3 is 10.2 Å². The van der Waals surface area contributed by atoms with Crippen molar-refractivity contribution in [1.82, 2.24) is 9.78 Å². The molecule has 3 aromatic rings. The number of nitrogens with zero attached hydrogens (tertiary/aromatic N) is 3. The van der Waals surface area contributed by atoms with Crippen LogP contribution < -0.4 is 5.32 Å². The third kappa shape index (κ3) is 4.46. The quantitative estimate of drug-likeness (QED) is 0.267. The minimum atomic E-state index is -0.666. The molecule has 7 heteroatoms. The maximum Gasteiger partial charge on any atom is 0.262 e. The molecule has 0 saturated heterocycles. The van der Waals surface area contributed by atoms with Crippen LogP contribution in [0.25, 0.3) is 11.1 Å². The van der Waals surface area contributed by atoms with Crippen molar-refractivity contribution < 1.29 is 14.0 Å². The summed E-state index contributed by atoms with van der Waals surface area (Å²) in [7, 11) is 1.46. The van der Waals surface area contributed by atoms with Crippen molar-refractivity contribution in [3.63, 3.8) is 0 Å². The van der Waals surface area contributed by atoms with Crippen LogP contribution in [0, 0.1) is 12.9 Å². The van der Waals surface area contributed by atoms with E-state index in [2.05, 4.69) is 22.2 Å². The number of halogens is 1. The van der Waals surface area contributed by atoms with Gasteiger partial charge in [-0.2, -0.15) is 9.49 Å². The molecule has 6 nitrogen and oxygen atoms in total. The highest BCUT2D eigenvalue weighted by Gasteiger charge is 2.21. The van der Waals surface area contributed by atoms with Gasteiger partial charge in [-0.1, -0.05) is 60.3 Å². The lowest BCUT2D eigenvalue weighted by Crippen LogP contribution is -2.15. The molecule has 0 fully saturated rings. The van der Waals surface area contributed by atoms with Crippen LogP contribution in [0.2, 0.25) is 0 Å². The Balaban J connectivity index is 1.86. The zero-order valence-corrected chi connectivity index (χ0v) is 17.1. The number of aryl methyl sites for hydroxylation is 2. The van der Waals surface area contributed by atoms with Gasteiger partial charge in [0.05, 0.1) is 11.4 Å². The van der Waals surface area contributed by atoms with Gasteiger partial charge in [-0.25, -0.2) is 4.68 Å². The van der Waals surface area contributed by atoms with E-state index >= 15 is 0 Å². The molecular formula is C23H23FN4O2. The SMILES string of the molecule is C=CCO/N=C(/C)c1ccc(-c2ccccc2NC(=O)c2c(C)nn(C)c2F)cc1. The largest absolute Gasteiger partial charge is 0.391 e. The molecule has 1 amide bonds. The van der Waals surface area contributed by atoms with Gasteiger partial charge in [0.1, 0.15) is 12.2 Å². The van der Waals surface area contributed by atoms with Gasteiger partial charge in [0.25, 0.3) is 5.91 Å². The number of benzene rings is 2. The number of hydrogen-bond donors (Lipinski definition) is 1. The third-order valence-corrected chi connectivity index (χ3v) is 4.56. The zero-order valence-electron chi connectivity index (χ0n) is 17.1. The van der Waals surface area contributed by atoms with E-state index < -0.39 is 11.9 Å². The highest BCUT2D eigenvalue weighted by atomic mass is 19.1. The first-order valence-corrected chi connectivity index (χ1v) is 9.40. The number of hydrogen-bond acceptors (Lipinski definition) is 4. The minimum absolute atomic E-state index is 0.0611. The summed E-state index contributed by atoms with van der Waals surface area (Å²) in [5, 5.41) is 10.8. The molecule has 3 rings (SSSR count). The highest BCUT2D eigenvalue weighted by molar-refractivity contribution is 6.07. The fraction of sp³-hybridized carbons (Fsp3) is 0.174. The predicted molar refractivity (Wildman–Crippen MR) is 116 cm³/mol. The molecule has 0 aliphatic heterocycles. The summed E-state index contributed by atoms with van der Waals surface area (Å²) in [5.74, 6) is -1.20. The van der Waals surface area contributed by atoms with E-state index in [1.807, 2.05) is 49.4 Å². The van der Waals surface area contributed by atoms with Crippen molar-refractivity contribution in [2.45, 2.75) is 13.8 Å². The number of aromatic nitrogens is 2. The normalized spacial score (nSPS) is 11.3. The Hall–Kier alpha value is -3.74. The smallest absolute Gasteiger partial charge is 0.262 e. The molecule has 154 valence electrons. The molecule has 0 aliphatic carbocycles. The van der Waals surface area contributed by atoms with Crippen LogP contribution in [0.15, 0.2) is 66.3 Å². The van der Waals surface area contributed by atoms with E-state index in [0.29, 0.717) is 18.0 Å². The van der Waals surface area contributed by atoms with Crippen molar-refractivity contribution >= 4 is 17.3 Å². The molecular weight excluding hydrogens is 383 g/mol. The number of carbonyl (C=O) groups is 1. The van der Waals surface area contributed by atoms with Crippen LogP contribution in [-0.2, 0) is 11.9 Å². The predicted octanol–water partition coefficient (Wildman–Crippen LogP) is 4.71. The third-order valence-electron chi connectivity index (χ3n) is 4.56. The van der Waals surface area contributed by atoms with E-state index in [9.17, 15) is 9.18 Å². The average molecular weight is 406 g/mol. The van der Waals surface area contributed by atoms with Crippen molar-refractivity contribution in [2.24, 2.45) is 12.2 Å². The van der Waals surface area contributed by atoms with Crippen molar-refractivity contribution in [1.29, 1.82) is 0 Å². The Morgan fingerprint density at radius 3 is 2.60 bits per heavy atom. The fourth-order valence-corrected chi connectivity index (χ4v) is 3.05. The monoisotopic (exact) mass is 406 g/mol. The number of para-hydroxylation sites is 1. The van der Waals surface area contributed by atoms with E-state index in [4.69, 9.17) is 4.84 Å². The lowest BCUT2D eigenvalue weighted by atomic mass is 10.0. The van der Waals surface area contributed by atoms with Crippen LogP contribution in [0.3, 0.4) is 0 Å². The Kier molecular flexibility index (Phi) is 6.41. The molecule has 0 bridgehead atoms. The van der Waals surface area contributed by atoms with Gasteiger partial charge >= 0.3 is 0 Å². The summed E-state index contributed by atoms with van der Waals surface area (Å²) in [4.78, 5) is 17.8. The number of amides is 1. The second-order valence-corrected chi connectivity index (χ2v) is 6.71. The van der Waals surface area contributed by atoms with Crippen molar-refractivity contribution in [2.75, 3.05) is 11.9 Å².